The van der Waals surface area contributed by atoms with Crippen LogP contribution in [0.1, 0.15) is 5.56 Å². The highest BCUT2D eigenvalue weighted by Crippen LogP contribution is 2.17. The van der Waals surface area contributed by atoms with Crippen LogP contribution in [0.15, 0.2) is 60.1 Å². The third kappa shape index (κ3) is 3.03. The summed E-state index contributed by atoms with van der Waals surface area (Å²) in [6, 6.07) is 8.06. The smallest absolute Gasteiger partial charge is 0.0175 e. The molecule has 0 fully saturated rings. The topological polar surface area (TPSA) is 0 Å². The van der Waals surface area contributed by atoms with Crippen LogP contribution in [-0.2, 0) is 0 Å². The van der Waals surface area contributed by atoms with Crippen LogP contribution in [0.2, 0.25) is 0 Å². The lowest BCUT2D eigenvalue weighted by Gasteiger charge is -1.99. The number of rotatable bonds is 3. The molecule has 13 heavy (non-hydrogen) atoms. The summed E-state index contributed by atoms with van der Waals surface area (Å²) in [6.07, 6.45) is 5.56. The molecular formula is C12H11Br. The molecule has 1 heteroatoms. The summed E-state index contributed by atoms with van der Waals surface area (Å²) in [5.41, 5.74) is 2.12. The van der Waals surface area contributed by atoms with Gasteiger partial charge < -0.3 is 0 Å². The third-order valence-corrected chi connectivity index (χ3v) is 2.18. The Morgan fingerprint density at radius 1 is 1.23 bits per heavy atom. The van der Waals surface area contributed by atoms with Crippen molar-refractivity contribution in [2.24, 2.45) is 0 Å². The fourth-order valence-corrected chi connectivity index (χ4v) is 1.21. The zero-order valence-electron chi connectivity index (χ0n) is 7.33. The van der Waals surface area contributed by atoms with Gasteiger partial charge in [0.15, 0.2) is 0 Å². The minimum Gasteiger partial charge on any atom is -0.0991 e. The molecule has 0 amide bonds. The van der Waals surface area contributed by atoms with Gasteiger partial charge in [-0.25, -0.2) is 0 Å². The van der Waals surface area contributed by atoms with E-state index in [0.29, 0.717) is 0 Å². The Morgan fingerprint density at radius 3 is 2.38 bits per heavy atom. The molecule has 0 aliphatic carbocycles. The van der Waals surface area contributed by atoms with Crippen LogP contribution in [-0.4, -0.2) is 0 Å². The quantitative estimate of drug-likeness (QED) is 0.688. The molecular weight excluding hydrogens is 224 g/mol. The highest BCUT2D eigenvalue weighted by atomic mass is 79.9. The molecule has 66 valence electrons. The van der Waals surface area contributed by atoms with Gasteiger partial charge in [0.1, 0.15) is 0 Å². The highest BCUT2D eigenvalue weighted by molar-refractivity contribution is 9.10. The van der Waals surface area contributed by atoms with E-state index in [4.69, 9.17) is 0 Å². The number of benzene rings is 1. The fraction of sp³-hybridized carbons (Fsp3) is 0. The van der Waals surface area contributed by atoms with Crippen LogP contribution in [0.3, 0.4) is 0 Å². The monoisotopic (exact) mass is 234 g/mol. The second-order valence-corrected chi connectivity index (χ2v) is 3.54. The predicted octanol–water partition coefficient (Wildman–Crippen LogP) is 4.20. The van der Waals surface area contributed by atoms with Gasteiger partial charge in [0.25, 0.3) is 0 Å². The van der Waals surface area contributed by atoms with Crippen molar-refractivity contribution in [1.82, 2.24) is 0 Å². The molecule has 1 aromatic carbocycles. The first-order chi connectivity index (χ1) is 6.24. The molecule has 0 aromatic heterocycles. The Hall–Kier alpha value is -1.08. The van der Waals surface area contributed by atoms with Crippen molar-refractivity contribution in [3.8, 4) is 0 Å². The average molecular weight is 235 g/mol. The van der Waals surface area contributed by atoms with E-state index in [1.807, 2.05) is 36.4 Å². The van der Waals surface area contributed by atoms with E-state index in [1.165, 1.54) is 0 Å². The number of hydrogen-bond acceptors (Lipinski definition) is 0. The molecule has 0 saturated carbocycles. The number of allylic oxidation sites excluding steroid dienone is 4. The van der Waals surface area contributed by atoms with Gasteiger partial charge in [-0.3, -0.25) is 0 Å². The summed E-state index contributed by atoms with van der Waals surface area (Å²) >= 11 is 3.38. The third-order valence-electron chi connectivity index (χ3n) is 1.65. The zero-order chi connectivity index (χ0) is 9.68. The van der Waals surface area contributed by atoms with Gasteiger partial charge >= 0.3 is 0 Å². The molecule has 0 unspecified atom stereocenters. The van der Waals surface area contributed by atoms with Crippen molar-refractivity contribution in [3.05, 3.63) is 65.7 Å². The molecule has 0 atom stereocenters. The SMILES string of the molecule is C=C/C=C\C(=C)c1ccc(Br)cc1. The normalized spacial score (nSPS) is 10.2. The van der Waals surface area contributed by atoms with E-state index in [9.17, 15) is 0 Å². The van der Waals surface area contributed by atoms with E-state index >= 15 is 0 Å². The van der Waals surface area contributed by atoms with Gasteiger partial charge in [-0.1, -0.05) is 59.4 Å². The Kier molecular flexibility index (Phi) is 3.71. The van der Waals surface area contributed by atoms with Crippen molar-refractivity contribution in [1.29, 1.82) is 0 Å². The highest BCUT2D eigenvalue weighted by Gasteiger charge is 1.93. The summed E-state index contributed by atoms with van der Waals surface area (Å²) in [5.74, 6) is 0. The maximum atomic E-state index is 3.94. The van der Waals surface area contributed by atoms with Gasteiger partial charge in [0.05, 0.1) is 0 Å². The molecule has 1 rings (SSSR count). The van der Waals surface area contributed by atoms with Gasteiger partial charge in [-0.2, -0.15) is 0 Å². The largest absolute Gasteiger partial charge is 0.0991 e. The standard InChI is InChI=1S/C12H11Br/c1-3-4-5-10(2)11-6-8-12(13)9-7-11/h3-9H,1-2H2/b5-4-. The van der Waals surface area contributed by atoms with Crippen LogP contribution in [0, 0.1) is 0 Å². The molecule has 0 bridgehead atoms. The minimum absolute atomic E-state index is 0.993. The van der Waals surface area contributed by atoms with Crippen molar-refractivity contribution in [2.75, 3.05) is 0 Å². The second-order valence-electron chi connectivity index (χ2n) is 2.63. The van der Waals surface area contributed by atoms with E-state index in [0.717, 1.165) is 15.6 Å². The van der Waals surface area contributed by atoms with Crippen LogP contribution in [0.25, 0.3) is 5.57 Å². The van der Waals surface area contributed by atoms with Crippen molar-refractivity contribution >= 4 is 21.5 Å². The molecule has 0 aliphatic rings. The molecule has 0 saturated heterocycles. The molecule has 0 spiro atoms. The lowest BCUT2D eigenvalue weighted by molar-refractivity contribution is 1.59. The lowest BCUT2D eigenvalue weighted by Crippen LogP contribution is -1.77. The molecule has 0 heterocycles. The minimum atomic E-state index is 0.993. The maximum absolute atomic E-state index is 3.94. The first-order valence-electron chi connectivity index (χ1n) is 3.98. The average Bonchev–Trinajstić information content (AvgIpc) is 2.15. The predicted molar refractivity (Wildman–Crippen MR) is 62.5 cm³/mol. The van der Waals surface area contributed by atoms with Crippen molar-refractivity contribution in [2.45, 2.75) is 0 Å². The zero-order valence-corrected chi connectivity index (χ0v) is 8.92. The van der Waals surface area contributed by atoms with Crippen molar-refractivity contribution < 1.29 is 0 Å². The number of halogens is 1. The van der Waals surface area contributed by atoms with Crippen molar-refractivity contribution in [3.63, 3.8) is 0 Å². The Morgan fingerprint density at radius 2 is 1.85 bits per heavy atom. The maximum Gasteiger partial charge on any atom is 0.0175 e. The van der Waals surface area contributed by atoms with Crippen LogP contribution in [0.5, 0.6) is 0 Å². The molecule has 0 N–H and O–H groups in total. The molecule has 0 radical (unpaired) electrons. The van der Waals surface area contributed by atoms with Gasteiger partial charge in [-0.15, -0.1) is 0 Å². The van der Waals surface area contributed by atoms with E-state index < -0.39 is 0 Å². The van der Waals surface area contributed by atoms with Crippen LogP contribution >= 0.6 is 15.9 Å². The summed E-state index contributed by atoms with van der Waals surface area (Å²) < 4.78 is 1.08. The Balaban J connectivity index is 2.83. The first-order valence-corrected chi connectivity index (χ1v) is 4.77. The fourth-order valence-electron chi connectivity index (χ4n) is 0.944. The Bertz CT molecular complexity index is 331. The number of hydrogen-bond donors (Lipinski definition) is 0. The summed E-state index contributed by atoms with van der Waals surface area (Å²) in [7, 11) is 0. The lowest BCUT2D eigenvalue weighted by atomic mass is 10.1. The van der Waals surface area contributed by atoms with Gasteiger partial charge in [-0.05, 0) is 23.3 Å². The van der Waals surface area contributed by atoms with Gasteiger partial charge in [0.2, 0.25) is 0 Å². The second kappa shape index (κ2) is 4.83. The molecule has 1 aromatic rings. The van der Waals surface area contributed by atoms with E-state index in [1.54, 1.807) is 6.08 Å². The summed E-state index contributed by atoms with van der Waals surface area (Å²) in [4.78, 5) is 0. The van der Waals surface area contributed by atoms with Crippen LogP contribution in [0.4, 0.5) is 0 Å². The van der Waals surface area contributed by atoms with Crippen LogP contribution < -0.4 is 0 Å². The van der Waals surface area contributed by atoms with Gasteiger partial charge in [0, 0.05) is 4.47 Å². The first kappa shape index (κ1) is 10.0. The van der Waals surface area contributed by atoms with E-state index in [2.05, 4.69) is 29.1 Å². The Labute approximate surface area is 87.4 Å². The summed E-state index contributed by atoms with van der Waals surface area (Å²) in [5, 5.41) is 0. The molecule has 0 aliphatic heterocycles. The summed E-state index contributed by atoms with van der Waals surface area (Å²) in [6.45, 7) is 7.55. The molecule has 0 nitrogen and oxygen atoms in total. The van der Waals surface area contributed by atoms with E-state index in [-0.39, 0.29) is 0 Å².